The van der Waals surface area contributed by atoms with Crippen LogP contribution in [-0.4, -0.2) is 33.7 Å². The van der Waals surface area contributed by atoms with Gasteiger partial charge in [0.1, 0.15) is 11.6 Å². The van der Waals surface area contributed by atoms with E-state index in [9.17, 15) is 18.4 Å². The van der Waals surface area contributed by atoms with Crippen LogP contribution in [0, 0.1) is 11.6 Å². The van der Waals surface area contributed by atoms with E-state index in [1.165, 1.54) is 53.1 Å². The molecule has 1 unspecified atom stereocenters. The Morgan fingerprint density at radius 2 is 1.75 bits per heavy atom. The molecule has 0 saturated carbocycles. The van der Waals surface area contributed by atoms with Crippen molar-refractivity contribution in [2.75, 3.05) is 6.54 Å². The fourth-order valence-corrected chi connectivity index (χ4v) is 3.81. The lowest BCUT2D eigenvalue weighted by molar-refractivity contribution is -0.130. The van der Waals surface area contributed by atoms with E-state index in [1.54, 1.807) is 12.1 Å². The first-order valence-corrected chi connectivity index (χ1v) is 9.67. The SMILES string of the molecule is CCNC(=O)C1CC(=O)N(Cc2ccc(F)cc2)C(=Nc2ccc(F)cc2)S1. The second-order valence-corrected chi connectivity index (χ2v) is 7.35. The Labute approximate surface area is 165 Å². The van der Waals surface area contributed by atoms with Crippen LogP contribution >= 0.6 is 11.8 Å². The molecule has 0 radical (unpaired) electrons. The first-order chi connectivity index (χ1) is 13.5. The van der Waals surface area contributed by atoms with E-state index in [4.69, 9.17) is 0 Å². The Morgan fingerprint density at radius 1 is 1.14 bits per heavy atom. The molecule has 2 aromatic rings. The Kier molecular flexibility index (Phi) is 6.41. The predicted octanol–water partition coefficient (Wildman–Crippen LogP) is 3.62. The van der Waals surface area contributed by atoms with Gasteiger partial charge in [-0.15, -0.1) is 0 Å². The summed E-state index contributed by atoms with van der Waals surface area (Å²) in [6.07, 6.45) is 0.0418. The van der Waals surface area contributed by atoms with Crippen LogP contribution in [0.1, 0.15) is 18.9 Å². The molecule has 0 aromatic heterocycles. The van der Waals surface area contributed by atoms with Gasteiger partial charge in [0.2, 0.25) is 11.8 Å². The maximum Gasteiger partial charge on any atom is 0.234 e. The quantitative estimate of drug-likeness (QED) is 0.830. The van der Waals surface area contributed by atoms with Crippen LogP contribution in [0.2, 0.25) is 0 Å². The highest BCUT2D eigenvalue weighted by Gasteiger charge is 2.35. The van der Waals surface area contributed by atoms with Crippen LogP contribution in [0.3, 0.4) is 0 Å². The number of rotatable bonds is 5. The van der Waals surface area contributed by atoms with E-state index < -0.39 is 5.25 Å². The first-order valence-electron chi connectivity index (χ1n) is 8.79. The van der Waals surface area contributed by atoms with E-state index in [1.807, 2.05) is 6.92 Å². The van der Waals surface area contributed by atoms with Crippen molar-refractivity contribution >= 4 is 34.4 Å². The minimum atomic E-state index is -0.587. The molecule has 1 aliphatic rings. The molecule has 1 aliphatic heterocycles. The van der Waals surface area contributed by atoms with E-state index >= 15 is 0 Å². The summed E-state index contributed by atoms with van der Waals surface area (Å²) in [4.78, 5) is 30.9. The number of nitrogens with zero attached hydrogens (tertiary/aromatic N) is 2. The lowest BCUT2D eigenvalue weighted by atomic mass is 10.2. The minimum absolute atomic E-state index is 0.0418. The number of nitrogens with one attached hydrogen (secondary N) is 1. The molecule has 0 bridgehead atoms. The van der Waals surface area contributed by atoms with Gasteiger partial charge >= 0.3 is 0 Å². The molecule has 8 heteroatoms. The van der Waals surface area contributed by atoms with Crippen molar-refractivity contribution in [1.29, 1.82) is 0 Å². The van der Waals surface area contributed by atoms with Crippen LogP contribution in [0.5, 0.6) is 0 Å². The molecule has 0 aliphatic carbocycles. The van der Waals surface area contributed by atoms with Gasteiger partial charge in [0.25, 0.3) is 0 Å². The fourth-order valence-electron chi connectivity index (χ4n) is 2.68. The van der Waals surface area contributed by atoms with E-state index in [2.05, 4.69) is 10.3 Å². The monoisotopic (exact) mass is 403 g/mol. The van der Waals surface area contributed by atoms with Gasteiger partial charge in [-0.2, -0.15) is 0 Å². The molecule has 2 aromatic carbocycles. The number of benzene rings is 2. The number of aliphatic imine (C=N–C) groups is 1. The summed E-state index contributed by atoms with van der Waals surface area (Å²) in [7, 11) is 0. The van der Waals surface area contributed by atoms with Gasteiger partial charge in [-0.1, -0.05) is 23.9 Å². The Bertz CT molecular complexity index is 885. The maximum atomic E-state index is 13.2. The average Bonchev–Trinajstić information content (AvgIpc) is 2.67. The molecule has 1 N–H and O–H groups in total. The van der Waals surface area contributed by atoms with Gasteiger partial charge in [-0.3, -0.25) is 14.5 Å². The highest BCUT2D eigenvalue weighted by Crippen LogP contribution is 2.30. The zero-order valence-corrected chi connectivity index (χ0v) is 16.0. The van der Waals surface area contributed by atoms with Crippen molar-refractivity contribution in [2.45, 2.75) is 25.1 Å². The van der Waals surface area contributed by atoms with E-state index in [0.29, 0.717) is 17.4 Å². The lowest BCUT2D eigenvalue weighted by Gasteiger charge is -2.31. The summed E-state index contributed by atoms with van der Waals surface area (Å²) in [5.41, 5.74) is 1.20. The summed E-state index contributed by atoms with van der Waals surface area (Å²) in [6.45, 7) is 2.48. The number of amides is 2. The van der Waals surface area contributed by atoms with Crippen LogP contribution < -0.4 is 5.32 Å². The van der Waals surface area contributed by atoms with Crippen molar-refractivity contribution in [3.8, 4) is 0 Å². The second-order valence-electron chi connectivity index (χ2n) is 6.18. The molecule has 28 heavy (non-hydrogen) atoms. The summed E-state index contributed by atoms with van der Waals surface area (Å²) in [5, 5.41) is 2.49. The molecule has 1 saturated heterocycles. The average molecular weight is 403 g/mol. The third-order valence-corrected chi connectivity index (χ3v) is 5.28. The summed E-state index contributed by atoms with van der Waals surface area (Å²) in [5.74, 6) is -1.23. The molecule has 1 atom stereocenters. The fraction of sp³-hybridized carbons (Fsp3) is 0.250. The van der Waals surface area contributed by atoms with E-state index in [0.717, 1.165) is 5.56 Å². The highest BCUT2D eigenvalue weighted by molar-refractivity contribution is 8.15. The van der Waals surface area contributed by atoms with E-state index in [-0.39, 0.29) is 36.4 Å². The van der Waals surface area contributed by atoms with Gasteiger partial charge in [-0.05, 0) is 48.9 Å². The van der Waals surface area contributed by atoms with Gasteiger partial charge in [0.05, 0.1) is 17.5 Å². The predicted molar refractivity (Wildman–Crippen MR) is 105 cm³/mol. The Balaban J connectivity index is 1.90. The normalized spacial score (nSPS) is 18.4. The Hall–Kier alpha value is -2.74. The topological polar surface area (TPSA) is 61.8 Å². The summed E-state index contributed by atoms with van der Waals surface area (Å²) >= 11 is 1.19. The third-order valence-electron chi connectivity index (χ3n) is 4.09. The largest absolute Gasteiger partial charge is 0.355 e. The van der Waals surface area contributed by atoms with Gasteiger partial charge in [0.15, 0.2) is 5.17 Å². The van der Waals surface area contributed by atoms with Crippen LogP contribution in [0.25, 0.3) is 0 Å². The van der Waals surface area contributed by atoms with Gasteiger partial charge < -0.3 is 5.32 Å². The van der Waals surface area contributed by atoms with Crippen LogP contribution in [0.4, 0.5) is 14.5 Å². The van der Waals surface area contributed by atoms with Crippen molar-refractivity contribution in [2.24, 2.45) is 4.99 Å². The zero-order valence-electron chi connectivity index (χ0n) is 15.2. The second kappa shape index (κ2) is 8.97. The zero-order chi connectivity index (χ0) is 20.1. The standard InChI is InChI=1S/C20H19F2N3O2S/c1-2-23-19(27)17-11-18(26)25(12-13-3-5-14(21)6-4-13)20(28-17)24-16-9-7-15(22)8-10-16/h3-10,17H,2,11-12H2,1H3,(H,23,27). The molecule has 1 heterocycles. The minimum Gasteiger partial charge on any atom is -0.355 e. The highest BCUT2D eigenvalue weighted by atomic mass is 32.2. The number of hydrogen-bond acceptors (Lipinski definition) is 4. The molecule has 0 spiro atoms. The van der Waals surface area contributed by atoms with Gasteiger partial charge in [-0.25, -0.2) is 13.8 Å². The number of hydrogen-bond donors (Lipinski definition) is 1. The Morgan fingerprint density at radius 3 is 2.36 bits per heavy atom. The summed E-state index contributed by atoms with van der Waals surface area (Å²) in [6, 6.07) is 11.4. The number of halogens is 2. The lowest BCUT2D eigenvalue weighted by Crippen LogP contribution is -2.46. The number of amidine groups is 1. The maximum absolute atomic E-state index is 13.2. The molecule has 1 fully saturated rings. The van der Waals surface area contributed by atoms with Crippen LogP contribution in [0.15, 0.2) is 53.5 Å². The number of carbonyl (C=O) groups excluding carboxylic acids is 2. The molecule has 5 nitrogen and oxygen atoms in total. The molecule has 146 valence electrons. The summed E-state index contributed by atoms with van der Waals surface area (Å²) < 4.78 is 26.3. The molecule has 3 rings (SSSR count). The van der Waals surface area contributed by atoms with Crippen molar-refractivity contribution < 1.29 is 18.4 Å². The number of carbonyl (C=O) groups is 2. The number of thioether (sulfide) groups is 1. The molecule has 2 amide bonds. The van der Waals surface area contributed by atoms with Crippen molar-refractivity contribution in [1.82, 2.24) is 10.2 Å². The smallest absolute Gasteiger partial charge is 0.234 e. The van der Waals surface area contributed by atoms with Crippen LogP contribution in [-0.2, 0) is 16.1 Å². The van der Waals surface area contributed by atoms with Gasteiger partial charge in [0, 0.05) is 13.0 Å². The van der Waals surface area contributed by atoms with Crippen molar-refractivity contribution in [3.63, 3.8) is 0 Å². The first kappa shape index (κ1) is 20.0. The van der Waals surface area contributed by atoms with Crippen molar-refractivity contribution in [3.05, 3.63) is 65.7 Å². The third kappa shape index (κ3) is 4.95. The molecular formula is C20H19F2N3O2S. The molecular weight excluding hydrogens is 384 g/mol.